The van der Waals surface area contributed by atoms with Gasteiger partial charge in [-0.05, 0) is 0 Å². The molecule has 0 aromatic carbocycles. The first-order valence-corrected chi connectivity index (χ1v) is 4.59. The van der Waals surface area contributed by atoms with E-state index in [0.29, 0.717) is 0 Å². The van der Waals surface area contributed by atoms with Gasteiger partial charge in [0.2, 0.25) is 0 Å². The lowest BCUT2D eigenvalue weighted by molar-refractivity contribution is -0.109. The fourth-order valence-corrected chi connectivity index (χ4v) is 1.19. The first-order valence-electron chi connectivity index (χ1n) is 2.53. The van der Waals surface area contributed by atoms with Crippen LogP contribution in [0, 0.1) is 0 Å². The molecule has 0 aliphatic rings. The number of hydrogen-bond acceptors (Lipinski definition) is 5. The average molecular weight is 224 g/mol. The van der Waals surface area contributed by atoms with Gasteiger partial charge in [0.25, 0.3) is 0 Å². The Morgan fingerprint density at radius 3 is 1.92 bits per heavy atom. The summed E-state index contributed by atoms with van der Waals surface area (Å²) >= 11 is 5.08. The van der Waals surface area contributed by atoms with Crippen LogP contribution < -0.4 is 6.15 Å². The van der Waals surface area contributed by atoms with E-state index >= 15 is 0 Å². The monoisotopic (exact) mass is 223 g/mol. The molecule has 12 heavy (non-hydrogen) atoms. The lowest BCUT2D eigenvalue weighted by Gasteiger charge is -2.16. The summed E-state index contributed by atoms with van der Waals surface area (Å²) in [6.45, 7) is 0. The van der Waals surface area contributed by atoms with E-state index < -0.39 is 26.1 Å². The van der Waals surface area contributed by atoms with E-state index in [2.05, 4.69) is 4.52 Å². The number of aliphatic hydroxyl groups is 2. The predicted molar refractivity (Wildman–Crippen MR) is 40.9 cm³/mol. The maximum atomic E-state index is 10.1. The van der Waals surface area contributed by atoms with Gasteiger partial charge in [0.05, 0.1) is 5.88 Å². The molecule has 0 amide bonds. The summed E-state index contributed by atoms with van der Waals surface area (Å²) in [5, 5.41) is 16.8. The highest BCUT2D eigenvalue weighted by Gasteiger charge is 2.26. The summed E-state index contributed by atoms with van der Waals surface area (Å²) < 4.78 is 14.0. The molecule has 0 aromatic heterocycles. The SMILES string of the molecule is N.O=P(O)(O)OC(CCl)C(O)O. The molecule has 0 saturated carbocycles. The Bertz CT molecular complexity index is 159. The molecule has 0 heterocycles. The van der Waals surface area contributed by atoms with Crippen LogP contribution in [0.3, 0.4) is 0 Å². The van der Waals surface area contributed by atoms with Crippen molar-refractivity contribution in [2.75, 3.05) is 5.88 Å². The molecule has 0 saturated heterocycles. The summed E-state index contributed by atoms with van der Waals surface area (Å²) in [5.41, 5.74) is 0. The van der Waals surface area contributed by atoms with Crippen molar-refractivity contribution < 1.29 is 29.1 Å². The molecule has 0 aliphatic heterocycles. The average Bonchev–Trinajstić information content (AvgIpc) is 1.80. The standard InChI is InChI=1S/C3H8ClO6P.H3N/c4-1-2(3(5)6)10-11(7,8)9;/h2-3,5-6H,1H2,(H2,7,8,9);1H3. The van der Waals surface area contributed by atoms with Crippen LogP contribution in [0.1, 0.15) is 0 Å². The van der Waals surface area contributed by atoms with Crippen molar-refractivity contribution in [2.45, 2.75) is 12.4 Å². The van der Waals surface area contributed by atoms with Crippen LogP contribution in [0.15, 0.2) is 0 Å². The topological polar surface area (TPSA) is 142 Å². The smallest absolute Gasteiger partial charge is 0.366 e. The number of hydrogen-bond donors (Lipinski definition) is 5. The van der Waals surface area contributed by atoms with Gasteiger partial charge in [0.15, 0.2) is 6.29 Å². The van der Waals surface area contributed by atoms with Gasteiger partial charge in [-0.15, -0.1) is 11.6 Å². The summed E-state index contributed by atoms with van der Waals surface area (Å²) in [6, 6.07) is 0. The number of alkyl halides is 1. The van der Waals surface area contributed by atoms with E-state index in [1.165, 1.54) is 0 Å². The second kappa shape index (κ2) is 5.85. The molecular weight excluding hydrogens is 212 g/mol. The lowest BCUT2D eigenvalue weighted by Crippen LogP contribution is -2.29. The van der Waals surface area contributed by atoms with Crippen molar-refractivity contribution >= 4 is 19.4 Å². The maximum Gasteiger partial charge on any atom is 0.470 e. The molecule has 1 atom stereocenters. The van der Waals surface area contributed by atoms with Crippen LogP contribution in [0.25, 0.3) is 0 Å². The molecule has 0 radical (unpaired) electrons. The minimum absolute atomic E-state index is 0. The number of aliphatic hydroxyl groups excluding tert-OH is 1. The molecule has 0 aromatic rings. The summed E-state index contributed by atoms with van der Waals surface area (Å²) in [7, 11) is -4.70. The number of halogens is 1. The Morgan fingerprint density at radius 1 is 1.42 bits per heavy atom. The number of phosphoric acid groups is 1. The van der Waals surface area contributed by atoms with Gasteiger partial charge in [-0.1, -0.05) is 0 Å². The first-order chi connectivity index (χ1) is 4.87. The van der Waals surface area contributed by atoms with Crippen molar-refractivity contribution in [3.63, 3.8) is 0 Å². The minimum atomic E-state index is -4.70. The third-order valence-electron chi connectivity index (χ3n) is 0.757. The quantitative estimate of drug-likeness (QED) is 0.238. The largest absolute Gasteiger partial charge is 0.470 e. The molecule has 9 heteroatoms. The molecule has 7 N–H and O–H groups in total. The zero-order chi connectivity index (χ0) is 9.07. The highest BCUT2D eigenvalue weighted by Crippen LogP contribution is 2.38. The van der Waals surface area contributed by atoms with Gasteiger partial charge in [0.1, 0.15) is 6.10 Å². The van der Waals surface area contributed by atoms with Crippen molar-refractivity contribution in [1.29, 1.82) is 0 Å². The highest BCUT2D eigenvalue weighted by atomic mass is 35.5. The molecule has 0 fully saturated rings. The Hall–Kier alpha value is 0.280. The van der Waals surface area contributed by atoms with Crippen LogP contribution in [0.4, 0.5) is 0 Å². The molecule has 7 nitrogen and oxygen atoms in total. The van der Waals surface area contributed by atoms with Gasteiger partial charge >= 0.3 is 7.82 Å². The Morgan fingerprint density at radius 2 is 1.83 bits per heavy atom. The molecule has 76 valence electrons. The maximum absolute atomic E-state index is 10.1. The van der Waals surface area contributed by atoms with Crippen LogP contribution >= 0.6 is 19.4 Å². The van der Waals surface area contributed by atoms with Gasteiger partial charge < -0.3 is 26.2 Å². The van der Waals surface area contributed by atoms with E-state index in [-0.39, 0.29) is 6.15 Å². The summed E-state index contributed by atoms with van der Waals surface area (Å²) in [4.78, 5) is 16.4. The second-order valence-corrected chi connectivity index (χ2v) is 3.20. The molecule has 0 rings (SSSR count). The fourth-order valence-electron chi connectivity index (χ4n) is 0.339. The Balaban J connectivity index is 0. The number of phosphoric ester groups is 1. The normalized spacial score (nSPS) is 14.2. The molecule has 0 spiro atoms. The van der Waals surface area contributed by atoms with Gasteiger partial charge in [0, 0.05) is 0 Å². The fraction of sp³-hybridized carbons (Fsp3) is 1.00. The van der Waals surface area contributed by atoms with E-state index in [1.54, 1.807) is 0 Å². The Kier molecular flexibility index (Phi) is 7.20. The van der Waals surface area contributed by atoms with Crippen molar-refractivity contribution in [3.05, 3.63) is 0 Å². The predicted octanol–water partition coefficient (Wildman–Crippen LogP) is -0.824. The van der Waals surface area contributed by atoms with E-state index in [1.807, 2.05) is 0 Å². The van der Waals surface area contributed by atoms with Crippen LogP contribution in [-0.4, -0.2) is 38.3 Å². The van der Waals surface area contributed by atoms with Crippen LogP contribution in [0.5, 0.6) is 0 Å². The first kappa shape index (κ1) is 14.8. The Labute approximate surface area is 73.7 Å². The van der Waals surface area contributed by atoms with Crippen LogP contribution in [0.2, 0.25) is 0 Å². The highest BCUT2D eigenvalue weighted by molar-refractivity contribution is 7.46. The van der Waals surface area contributed by atoms with E-state index in [9.17, 15) is 4.57 Å². The zero-order valence-electron chi connectivity index (χ0n) is 6.00. The molecule has 1 unspecified atom stereocenters. The second-order valence-electron chi connectivity index (χ2n) is 1.70. The third-order valence-corrected chi connectivity index (χ3v) is 1.61. The molecule has 0 aliphatic carbocycles. The van der Waals surface area contributed by atoms with Crippen molar-refractivity contribution in [2.24, 2.45) is 0 Å². The van der Waals surface area contributed by atoms with E-state index in [0.717, 1.165) is 0 Å². The van der Waals surface area contributed by atoms with Crippen LogP contribution in [-0.2, 0) is 9.09 Å². The molecular formula is C3H11ClNO6P. The minimum Gasteiger partial charge on any atom is -0.366 e. The van der Waals surface area contributed by atoms with Gasteiger partial charge in [-0.2, -0.15) is 0 Å². The van der Waals surface area contributed by atoms with Crippen molar-refractivity contribution in [3.8, 4) is 0 Å². The van der Waals surface area contributed by atoms with Gasteiger partial charge in [-0.3, -0.25) is 4.52 Å². The van der Waals surface area contributed by atoms with Crippen molar-refractivity contribution in [1.82, 2.24) is 6.15 Å². The summed E-state index contributed by atoms with van der Waals surface area (Å²) in [6.07, 6.45) is -3.47. The zero-order valence-corrected chi connectivity index (χ0v) is 7.65. The third kappa shape index (κ3) is 6.96. The van der Waals surface area contributed by atoms with Gasteiger partial charge in [-0.25, -0.2) is 4.57 Å². The molecule has 0 bridgehead atoms. The lowest BCUT2D eigenvalue weighted by atomic mass is 10.4. The van der Waals surface area contributed by atoms with E-state index in [4.69, 9.17) is 31.6 Å². The number of rotatable bonds is 4. The summed E-state index contributed by atoms with van der Waals surface area (Å²) in [5.74, 6) is -0.414.